The van der Waals surface area contributed by atoms with Crippen molar-refractivity contribution in [2.45, 2.75) is 165 Å². The number of nitrogens with one attached hydrogen (secondary N) is 3. The first-order valence-electron chi connectivity index (χ1n) is 21.9. The molecule has 0 bridgehead atoms. The minimum Gasteiger partial charge on any atom is -0.459 e. The molecule has 3 saturated carbocycles. The summed E-state index contributed by atoms with van der Waals surface area (Å²) in [6, 6.07) is 4.14. The van der Waals surface area contributed by atoms with E-state index in [-0.39, 0.29) is 25.4 Å². The predicted molar refractivity (Wildman–Crippen MR) is 231 cm³/mol. The predicted octanol–water partition coefficient (Wildman–Crippen LogP) is 6.64. The SMILES string of the molecule is CC(C)n1c(O[C@@H]2C[C@H]3C(=O)N[C@]4(C(=O)NS(=O)(=O)C5(C)CC5)C[C@@H]4/C=C\CCCCC[C@H](NC(=O)OC(C)(C)C)C(=O)N3C2)nc2c(-c3nc(C4CCC4)cs3)cccc21. The van der Waals surface area contributed by atoms with Crippen LogP contribution in [0.2, 0.25) is 0 Å². The average molecular weight is 878 g/mol. The Morgan fingerprint density at radius 3 is 2.51 bits per heavy atom. The van der Waals surface area contributed by atoms with Gasteiger partial charge in [0.15, 0.2) is 0 Å². The number of benzene rings is 1. The van der Waals surface area contributed by atoms with Crippen LogP contribution < -0.4 is 20.1 Å². The van der Waals surface area contributed by atoms with Crippen molar-refractivity contribution in [3.63, 3.8) is 0 Å². The maximum atomic E-state index is 14.7. The van der Waals surface area contributed by atoms with Gasteiger partial charge in [-0.15, -0.1) is 11.3 Å². The van der Waals surface area contributed by atoms with Gasteiger partial charge in [-0.05, 0) is 105 Å². The van der Waals surface area contributed by atoms with Crippen LogP contribution in [0.3, 0.4) is 0 Å². The zero-order valence-corrected chi connectivity index (χ0v) is 37.6. The van der Waals surface area contributed by atoms with Gasteiger partial charge in [-0.3, -0.25) is 23.7 Å². The molecule has 4 fully saturated rings. The number of aromatic nitrogens is 3. The molecule has 61 heavy (non-hydrogen) atoms. The van der Waals surface area contributed by atoms with E-state index in [0.717, 1.165) is 53.0 Å². The Labute approximate surface area is 361 Å². The van der Waals surface area contributed by atoms with Crippen LogP contribution in [-0.4, -0.2) is 92.3 Å². The highest BCUT2D eigenvalue weighted by Crippen LogP contribution is 2.48. The number of ether oxygens (including phenoxy) is 2. The summed E-state index contributed by atoms with van der Waals surface area (Å²) in [5.74, 6) is -1.83. The molecule has 1 saturated heterocycles. The van der Waals surface area contributed by atoms with E-state index < -0.39 is 73.8 Å². The number of hydrogen-bond donors (Lipinski definition) is 3. The Balaban J connectivity index is 1.11. The van der Waals surface area contributed by atoms with E-state index in [2.05, 4.69) is 20.7 Å². The molecule has 5 aliphatic rings. The summed E-state index contributed by atoms with van der Waals surface area (Å²) >= 11 is 1.60. The second kappa shape index (κ2) is 16.3. The maximum absolute atomic E-state index is 14.7. The minimum absolute atomic E-state index is 0.00985. The molecule has 3 N–H and O–H groups in total. The van der Waals surface area contributed by atoms with Crippen molar-refractivity contribution in [1.82, 2.24) is 34.8 Å². The lowest BCUT2D eigenvalue weighted by molar-refractivity contribution is -0.141. The van der Waals surface area contributed by atoms with Gasteiger partial charge in [-0.1, -0.05) is 37.5 Å². The molecule has 1 aromatic carbocycles. The third-order valence-corrected chi connectivity index (χ3v) is 16.0. The van der Waals surface area contributed by atoms with Crippen molar-refractivity contribution in [2.24, 2.45) is 5.92 Å². The number of allylic oxidation sites excluding steroid dienone is 1. The van der Waals surface area contributed by atoms with Gasteiger partial charge in [-0.2, -0.15) is 4.98 Å². The Bertz CT molecular complexity index is 2340. The van der Waals surface area contributed by atoms with Crippen molar-refractivity contribution >= 4 is 56.2 Å². The normalized spacial score (nSPS) is 27.5. The van der Waals surface area contributed by atoms with Crippen molar-refractivity contribution in [2.75, 3.05) is 6.54 Å². The molecule has 3 aliphatic carbocycles. The summed E-state index contributed by atoms with van der Waals surface area (Å²) in [7, 11) is -4.00. The molecule has 17 heteroatoms. The first kappa shape index (κ1) is 43.2. The van der Waals surface area contributed by atoms with Gasteiger partial charge < -0.3 is 25.0 Å². The maximum Gasteiger partial charge on any atom is 0.408 e. The van der Waals surface area contributed by atoms with Gasteiger partial charge in [0.1, 0.15) is 39.9 Å². The lowest BCUT2D eigenvalue weighted by Crippen LogP contribution is -2.58. The number of rotatable bonds is 9. The minimum atomic E-state index is -4.00. The number of nitrogens with zero attached hydrogens (tertiary/aromatic N) is 4. The van der Waals surface area contributed by atoms with Gasteiger partial charge in [0.2, 0.25) is 21.8 Å². The molecule has 0 radical (unpaired) electrons. The Kier molecular flexibility index (Phi) is 11.5. The molecule has 2 aromatic heterocycles. The van der Waals surface area contributed by atoms with E-state index in [1.54, 1.807) is 39.0 Å². The molecule has 8 rings (SSSR count). The fourth-order valence-electron chi connectivity index (χ4n) is 8.70. The van der Waals surface area contributed by atoms with Crippen LogP contribution in [-0.2, 0) is 29.1 Å². The number of carbonyl (C=O) groups excluding carboxylic acids is 4. The number of imidazole rings is 1. The number of fused-ring (bicyclic) bond motifs is 3. The Morgan fingerprint density at radius 1 is 1.05 bits per heavy atom. The third kappa shape index (κ3) is 8.78. The molecule has 2 aliphatic heterocycles. The van der Waals surface area contributed by atoms with Gasteiger partial charge in [0.05, 0.1) is 22.5 Å². The van der Waals surface area contributed by atoms with Crippen LogP contribution in [0.4, 0.5) is 4.79 Å². The monoisotopic (exact) mass is 877 g/mol. The van der Waals surface area contributed by atoms with Crippen LogP contribution in [0, 0.1) is 5.92 Å². The van der Waals surface area contributed by atoms with Crippen molar-refractivity contribution in [3.8, 4) is 16.6 Å². The van der Waals surface area contributed by atoms with E-state index in [1.807, 2.05) is 48.8 Å². The zero-order chi connectivity index (χ0) is 43.5. The number of amides is 4. The summed E-state index contributed by atoms with van der Waals surface area (Å²) in [6.07, 6.45) is 10.2. The van der Waals surface area contributed by atoms with Crippen LogP contribution in [0.1, 0.15) is 136 Å². The van der Waals surface area contributed by atoms with Crippen molar-refractivity contribution < 1.29 is 37.1 Å². The summed E-state index contributed by atoms with van der Waals surface area (Å²) in [5, 5.41) is 8.75. The smallest absolute Gasteiger partial charge is 0.408 e. The molecule has 3 aromatic rings. The molecule has 5 atom stereocenters. The van der Waals surface area contributed by atoms with Crippen LogP contribution >= 0.6 is 11.3 Å². The molecule has 15 nitrogen and oxygen atoms in total. The van der Waals surface area contributed by atoms with E-state index in [1.165, 1.54) is 11.3 Å². The largest absolute Gasteiger partial charge is 0.459 e. The van der Waals surface area contributed by atoms with Crippen LogP contribution in [0.15, 0.2) is 35.7 Å². The molecular weight excluding hydrogens is 819 g/mol. The van der Waals surface area contributed by atoms with E-state index in [9.17, 15) is 27.6 Å². The number of sulfonamides is 1. The third-order valence-electron chi connectivity index (χ3n) is 12.9. The molecule has 0 spiro atoms. The Morgan fingerprint density at radius 2 is 1.82 bits per heavy atom. The van der Waals surface area contributed by atoms with Gasteiger partial charge in [0.25, 0.3) is 11.9 Å². The topological polar surface area (TPSA) is 191 Å². The number of hydrogen-bond acceptors (Lipinski definition) is 11. The van der Waals surface area contributed by atoms with Gasteiger partial charge in [0, 0.05) is 35.2 Å². The highest BCUT2D eigenvalue weighted by Gasteiger charge is 2.63. The van der Waals surface area contributed by atoms with Crippen LogP contribution in [0.5, 0.6) is 6.01 Å². The first-order chi connectivity index (χ1) is 28.9. The standard InChI is InChI=1S/C44H59N7O8S2/c1-26(2)51-33-19-13-17-30(37-45-32(25-60-37)27-14-12-15-27)35(33)47-40(51)58-29-22-34-36(52)48-44(39(54)49-61(56,57)43(6)20-21-43)23-28(44)16-10-8-7-9-11-18-31(38(53)50(34)24-29)46-41(55)59-42(3,4)5/h10,13,16-17,19,25-29,31,34H,7-9,11-12,14-15,18,20-24H2,1-6H3,(H,46,55)(H,48,52)(H,49,54)/b16-10-/t28-,29+,31-,34-,44+/m0/s1. The number of para-hydroxylation sites is 1. The van der Waals surface area contributed by atoms with E-state index >= 15 is 0 Å². The van der Waals surface area contributed by atoms with Crippen LogP contribution in [0.25, 0.3) is 21.6 Å². The van der Waals surface area contributed by atoms with Crippen molar-refractivity contribution in [1.29, 1.82) is 0 Å². The number of carbonyl (C=O) groups is 4. The lowest BCUT2D eigenvalue weighted by Gasteiger charge is -2.30. The van der Waals surface area contributed by atoms with Gasteiger partial charge >= 0.3 is 6.09 Å². The highest BCUT2D eigenvalue weighted by molar-refractivity contribution is 7.91. The zero-order valence-electron chi connectivity index (χ0n) is 36.0. The second-order valence-corrected chi connectivity index (χ2v) is 22.2. The number of alkyl carbamates (subject to hydrolysis) is 1. The lowest BCUT2D eigenvalue weighted by atomic mass is 9.83. The quantitative estimate of drug-likeness (QED) is 0.196. The van der Waals surface area contributed by atoms with Crippen molar-refractivity contribution in [3.05, 3.63) is 41.4 Å². The summed E-state index contributed by atoms with van der Waals surface area (Å²) < 4.78 is 42.1. The van der Waals surface area contributed by atoms with E-state index in [0.29, 0.717) is 44.0 Å². The Hall–Kier alpha value is -4.51. The molecule has 4 amide bonds. The summed E-state index contributed by atoms with van der Waals surface area (Å²) in [5.41, 5.74) is 1.28. The fraction of sp³-hybridized carbons (Fsp3) is 0.636. The molecule has 330 valence electrons. The highest BCUT2D eigenvalue weighted by atomic mass is 32.2. The summed E-state index contributed by atoms with van der Waals surface area (Å²) in [6.45, 7) is 10.9. The average Bonchev–Trinajstić information content (AvgIpc) is 3.84. The second-order valence-electron chi connectivity index (χ2n) is 19.1. The summed E-state index contributed by atoms with van der Waals surface area (Å²) in [4.78, 5) is 68.0. The fourth-order valence-corrected chi connectivity index (χ4v) is 10.9. The molecule has 0 unspecified atom stereocenters. The number of thiazole rings is 1. The van der Waals surface area contributed by atoms with Gasteiger partial charge in [-0.25, -0.2) is 18.2 Å². The van der Waals surface area contributed by atoms with E-state index in [4.69, 9.17) is 19.4 Å². The first-order valence-corrected chi connectivity index (χ1v) is 24.2. The molecular formula is C44H59N7O8S2. The molecule has 4 heterocycles.